The van der Waals surface area contributed by atoms with Crippen LogP contribution in [0.2, 0.25) is 0 Å². The quantitative estimate of drug-likeness (QED) is 0.269. The third-order valence-electron chi connectivity index (χ3n) is 1.93. The number of hydrogen-bond donors (Lipinski definition) is 2. The second-order valence-electron chi connectivity index (χ2n) is 3.63. The van der Waals surface area contributed by atoms with Crippen molar-refractivity contribution in [3.63, 3.8) is 0 Å². The van der Waals surface area contributed by atoms with Crippen LogP contribution in [-0.4, -0.2) is 56.5 Å². The van der Waals surface area contributed by atoms with Gasteiger partial charge in [0, 0.05) is 19.2 Å². The van der Waals surface area contributed by atoms with Crippen LogP contribution in [0.25, 0.3) is 0 Å². The summed E-state index contributed by atoms with van der Waals surface area (Å²) in [5, 5.41) is 11.1. The van der Waals surface area contributed by atoms with Gasteiger partial charge in [-0.25, -0.2) is 8.42 Å². The van der Waals surface area contributed by atoms with Crippen molar-refractivity contribution in [3.05, 3.63) is 0 Å². The summed E-state index contributed by atoms with van der Waals surface area (Å²) >= 11 is 0. The summed E-state index contributed by atoms with van der Waals surface area (Å²) in [6.07, 6.45) is 2.31. The van der Waals surface area contributed by atoms with Gasteiger partial charge in [0.2, 0.25) is 0 Å². The summed E-state index contributed by atoms with van der Waals surface area (Å²) in [6.45, 7) is 1.34. The van der Waals surface area contributed by atoms with E-state index >= 15 is 0 Å². The van der Waals surface area contributed by atoms with E-state index in [-0.39, 0.29) is 11.6 Å². The molecule has 0 saturated carbocycles. The summed E-state index contributed by atoms with van der Waals surface area (Å²) in [5.41, 5.74) is 5.30. The predicted molar refractivity (Wildman–Crippen MR) is 59.9 cm³/mol. The first-order valence-electron chi connectivity index (χ1n) is 4.68. The summed E-state index contributed by atoms with van der Waals surface area (Å²) in [6, 6.07) is 0. The largest absolute Gasteiger partial charge is 0.409 e. The summed E-state index contributed by atoms with van der Waals surface area (Å²) in [5.74, 6) is 0.380. The molecular weight excluding hydrogens is 218 g/mol. The molecule has 0 unspecified atom stereocenters. The molecule has 0 fully saturated rings. The normalized spacial score (nSPS) is 13.4. The number of hydrogen-bond acceptors (Lipinski definition) is 5. The van der Waals surface area contributed by atoms with E-state index < -0.39 is 9.84 Å². The lowest BCUT2D eigenvalue weighted by Gasteiger charge is -2.15. The minimum absolute atomic E-state index is 0.185. The molecule has 0 atom stereocenters. The highest BCUT2D eigenvalue weighted by Gasteiger charge is 2.04. The van der Waals surface area contributed by atoms with Crippen LogP contribution >= 0.6 is 0 Å². The Hall–Kier alpha value is -0.820. The molecule has 6 nitrogen and oxygen atoms in total. The first-order valence-corrected chi connectivity index (χ1v) is 6.74. The van der Waals surface area contributed by atoms with Crippen molar-refractivity contribution < 1.29 is 13.6 Å². The fourth-order valence-electron chi connectivity index (χ4n) is 1.06. The van der Waals surface area contributed by atoms with Gasteiger partial charge in [0.05, 0.1) is 5.75 Å². The molecule has 15 heavy (non-hydrogen) atoms. The van der Waals surface area contributed by atoms with E-state index in [2.05, 4.69) is 5.16 Å². The molecule has 0 bridgehead atoms. The van der Waals surface area contributed by atoms with Crippen LogP contribution in [0.4, 0.5) is 0 Å². The SMILES string of the molecule is CN(CCCS(C)(=O)=O)CCC(N)=NO. The highest BCUT2D eigenvalue weighted by atomic mass is 32.2. The minimum Gasteiger partial charge on any atom is -0.409 e. The number of rotatable bonds is 7. The van der Waals surface area contributed by atoms with Crippen molar-refractivity contribution >= 4 is 15.7 Å². The molecule has 0 saturated heterocycles. The molecular formula is C8H19N3O3S. The lowest BCUT2D eigenvalue weighted by Crippen LogP contribution is -2.26. The molecule has 3 N–H and O–H groups in total. The van der Waals surface area contributed by atoms with Crippen molar-refractivity contribution in [1.29, 1.82) is 0 Å². The van der Waals surface area contributed by atoms with Gasteiger partial charge in [-0.3, -0.25) is 0 Å². The second-order valence-corrected chi connectivity index (χ2v) is 5.89. The summed E-state index contributed by atoms with van der Waals surface area (Å²) < 4.78 is 21.7. The van der Waals surface area contributed by atoms with Gasteiger partial charge < -0.3 is 15.8 Å². The Morgan fingerprint density at radius 3 is 2.53 bits per heavy atom. The molecule has 0 aliphatic carbocycles. The Balaban J connectivity index is 3.63. The molecule has 0 aromatic heterocycles. The second kappa shape index (κ2) is 6.62. The maximum absolute atomic E-state index is 10.8. The van der Waals surface area contributed by atoms with Crippen LogP contribution in [0, 0.1) is 0 Å². The van der Waals surface area contributed by atoms with Gasteiger partial charge in [-0.2, -0.15) is 0 Å². The molecule has 0 radical (unpaired) electrons. The molecule has 0 heterocycles. The average Bonchev–Trinajstić information content (AvgIpc) is 2.12. The monoisotopic (exact) mass is 237 g/mol. The van der Waals surface area contributed by atoms with E-state index in [0.29, 0.717) is 25.9 Å². The molecule has 0 aliphatic rings. The van der Waals surface area contributed by atoms with E-state index in [4.69, 9.17) is 10.9 Å². The molecule has 0 rings (SSSR count). The van der Waals surface area contributed by atoms with Crippen LogP contribution in [-0.2, 0) is 9.84 Å². The van der Waals surface area contributed by atoms with Crippen molar-refractivity contribution in [3.8, 4) is 0 Å². The van der Waals surface area contributed by atoms with Crippen molar-refractivity contribution in [2.75, 3.05) is 32.1 Å². The zero-order chi connectivity index (χ0) is 11.9. The Morgan fingerprint density at radius 1 is 1.47 bits per heavy atom. The number of oxime groups is 1. The number of nitrogens with zero attached hydrogens (tertiary/aromatic N) is 2. The Bertz CT molecular complexity index is 300. The fraction of sp³-hybridized carbons (Fsp3) is 0.875. The zero-order valence-electron chi connectivity index (χ0n) is 9.18. The molecule has 90 valence electrons. The van der Waals surface area contributed by atoms with Gasteiger partial charge >= 0.3 is 0 Å². The van der Waals surface area contributed by atoms with Gasteiger partial charge in [-0.1, -0.05) is 5.16 Å². The summed E-state index contributed by atoms with van der Waals surface area (Å²) in [4.78, 5) is 1.95. The number of sulfone groups is 1. The standard InChI is InChI=1S/C8H19N3O3S/c1-11(6-4-8(9)10-12)5-3-7-15(2,13)14/h12H,3-7H2,1-2H3,(H2,9,10). The van der Waals surface area contributed by atoms with Gasteiger partial charge in [0.1, 0.15) is 15.7 Å². The van der Waals surface area contributed by atoms with Crippen molar-refractivity contribution in [2.24, 2.45) is 10.9 Å². The molecule has 0 aromatic rings. The molecule has 0 aliphatic heterocycles. The van der Waals surface area contributed by atoms with Gasteiger partial charge in [-0.05, 0) is 20.0 Å². The van der Waals surface area contributed by atoms with Crippen LogP contribution in [0.3, 0.4) is 0 Å². The van der Waals surface area contributed by atoms with Gasteiger partial charge in [0.15, 0.2) is 0 Å². The number of amidine groups is 1. The van der Waals surface area contributed by atoms with E-state index in [1.54, 1.807) is 0 Å². The molecule has 7 heteroatoms. The van der Waals surface area contributed by atoms with Crippen LogP contribution in [0.15, 0.2) is 5.16 Å². The third-order valence-corrected chi connectivity index (χ3v) is 2.96. The maximum Gasteiger partial charge on any atom is 0.147 e. The lowest BCUT2D eigenvalue weighted by atomic mass is 10.3. The number of nitrogens with two attached hydrogens (primary N) is 1. The minimum atomic E-state index is -2.87. The van der Waals surface area contributed by atoms with E-state index in [1.807, 2.05) is 11.9 Å². The third kappa shape index (κ3) is 9.48. The predicted octanol–water partition coefficient (Wildman–Crippen LogP) is -0.511. The summed E-state index contributed by atoms with van der Waals surface area (Å²) in [7, 11) is -1.00. The van der Waals surface area contributed by atoms with Crippen LogP contribution < -0.4 is 5.73 Å². The van der Waals surface area contributed by atoms with Gasteiger partial charge in [-0.15, -0.1) is 0 Å². The first kappa shape index (κ1) is 14.2. The van der Waals surface area contributed by atoms with E-state index in [1.165, 1.54) is 6.26 Å². The molecule has 0 spiro atoms. The highest BCUT2D eigenvalue weighted by Crippen LogP contribution is 1.94. The van der Waals surface area contributed by atoms with E-state index in [0.717, 1.165) is 0 Å². The Labute approximate surface area is 90.7 Å². The van der Waals surface area contributed by atoms with Crippen LogP contribution in [0.5, 0.6) is 0 Å². The van der Waals surface area contributed by atoms with Crippen molar-refractivity contribution in [1.82, 2.24) is 4.90 Å². The fourth-order valence-corrected chi connectivity index (χ4v) is 1.72. The highest BCUT2D eigenvalue weighted by molar-refractivity contribution is 7.90. The Kier molecular flexibility index (Phi) is 6.26. The zero-order valence-corrected chi connectivity index (χ0v) is 10.00. The maximum atomic E-state index is 10.8. The Morgan fingerprint density at radius 2 is 2.07 bits per heavy atom. The van der Waals surface area contributed by atoms with Gasteiger partial charge in [0.25, 0.3) is 0 Å². The lowest BCUT2D eigenvalue weighted by molar-refractivity contribution is 0.311. The van der Waals surface area contributed by atoms with Crippen molar-refractivity contribution in [2.45, 2.75) is 12.8 Å². The van der Waals surface area contributed by atoms with Crippen LogP contribution in [0.1, 0.15) is 12.8 Å². The average molecular weight is 237 g/mol. The molecule has 0 aromatic carbocycles. The van der Waals surface area contributed by atoms with E-state index in [9.17, 15) is 8.42 Å². The molecule has 0 amide bonds. The smallest absolute Gasteiger partial charge is 0.147 e. The first-order chi connectivity index (χ1) is 6.85. The topological polar surface area (TPSA) is 96.0 Å².